The van der Waals surface area contributed by atoms with Gasteiger partial charge in [0.05, 0.1) is 0 Å². The second-order valence-electron chi connectivity index (χ2n) is 4.04. The zero-order valence-corrected chi connectivity index (χ0v) is 9.77. The molecule has 0 radical (unpaired) electrons. The Morgan fingerprint density at radius 1 is 1.38 bits per heavy atom. The average Bonchev–Trinajstić information content (AvgIpc) is 2.14. The van der Waals surface area contributed by atoms with Crippen molar-refractivity contribution in [1.82, 2.24) is 10.2 Å². The number of carbonyl (C=O) groups is 3. The van der Waals surface area contributed by atoms with Crippen molar-refractivity contribution < 1.29 is 19.5 Å². The van der Waals surface area contributed by atoms with E-state index in [1.165, 1.54) is 27.8 Å². The smallest absolute Gasteiger partial charge is 0.326 e. The van der Waals surface area contributed by atoms with Crippen molar-refractivity contribution in [3.05, 3.63) is 0 Å². The maximum Gasteiger partial charge on any atom is 0.326 e. The zero-order valence-electron chi connectivity index (χ0n) is 9.77. The number of nitrogens with zero attached hydrogens (tertiary/aromatic N) is 1. The molecule has 7 heteroatoms. The Labute approximate surface area is 93.6 Å². The molecule has 1 atom stereocenters. The van der Waals surface area contributed by atoms with E-state index in [0.29, 0.717) is 0 Å². The molecule has 0 aromatic carbocycles. The lowest BCUT2D eigenvalue weighted by molar-refractivity contribution is -0.141. The summed E-state index contributed by atoms with van der Waals surface area (Å²) in [6, 6.07) is -1.65. The second-order valence-corrected chi connectivity index (χ2v) is 4.04. The van der Waals surface area contributed by atoms with E-state index in [9.17, 15) is 14.4 Å². The summed E-state index contributed by atoms with van der Waals surface area (Å²) in [7, 11) is 1.32. The summed E-state index contributed by atoms with van der Waals surface area (Å²) in [5.74, 6) is -1.83. The van der Waals surface area contributed by atoms with Crippen LogP contribution in [0.2, 0.25) is 0 Å². The Morgan fingerprint density at radius 3 is 2.12 bits per heavy atom. The Kier molecular flexibility index (Phi) is 4.28. The standard InChI is InChI=1S/C9H17N3O4/c1-5(6(13)14)12(4)8(16)11-9(2,3)7(10)15/h5H,1-4H3,(H2,10,15)(H,11,16)(H,13,14). The third kappa shape index (κ3) is 3.41. The van der Waals surface area contributed by atoms with Crippen LogP contribution < -0.4 is 11.1 Å². The number of hydrogen-bond donors (Lipinski definition) is 3. The molecule has 4 N–H and O–H groups in total. The van der Waals surface area contributed by atoms with Crippen molar-refractivity contribution in [2.45, 2.75) is 32.4 Å². The van der Waals surface area contributed by atoms with Crippen LogP contribution in [0.5, 0.6) is 0 Å². The molecule has 0 aliphatic heterocycles. The largest absolute Gasteiger partial charge is 0.480 e. The number of nitrogens with one attached hydrogen (secondary N) is 1. The van der Waals surface area contributed by atoms with Gasteiger partial charge in [-0.15, -0.1) is 0 Å². The third-order valence-corrected chi connectivity index (χ3v) is 2.29. The Morgan fingerprint density at radius 2 is 1.81 bits per heavy atom. The highest BCUT2D eigenvalue weighted by molar-refractivity contribution is 5.90. The molecule has 0 aliphatic carbocycles. The molecule has 0 saturated carbocycles. The van der Waals surface area contributed by atoms with Gasteiger partial charge < -0.3 is 21.1 Å². The second kappa shape index (κ2) is 4.82. The van der Waals surface area contributed by atoms with Crippen molar-refractivity contribution in [3.63, 3.8) is 0 Å². The minimum absolute atomic E-state index is 0.668. The van der Waals surface area contributed by atoms with Crippen LogP contribution in [0.4, 0.5) is 4.79 Å². The predicted molar refractivity (Wildman–Crippen MR) is 56.7 cm³/mol. The average molecular weight is 231 g/mol. The fraction of sp³-hybridized carbons (Fsp3) is 0.667. The van der Waals surface area contributed by atoms with Gasteiger partial charge in [0.2, 0.25) is 5.91 Å². The topological polar surface area (TPSA) is 113 Å². The molecule has 0 rings (SSSR count). The first-order valence-electron chi connectivity index (χ1n) is 4.67. The maximum atomic E-state index is 11.6. The van der Waals surface area contributed by atoms with Gasteiger partial charge >= 0.3 is 12.0 Å². The van der Waals surface area contributed by atoms with Gasteiger partial charge in [-0.25, -0.2) is 9.59 Å². The highest BCUT2D eigenvalue weighted by Gasteiger charge is 2.30. The number of rotatable bonds is 4. The number of nitrogens with two attached hydrogens (primary N) is 1. The van der Waals surface area contributed by atoms with Crippen LogP contribution in [0.1, 0.15) is 20.8 Å². The van der Waals surface area contributed by atoms with E-state index in [1.807, 2.05) is 0 Å². The summed E-state index contributed by atoms with van der Waals surface area (Å²) in [4.78, 5) is 34.1. The van der Waals surface area contributed by atoms with Crippen LogP contribution in [0.15, 0.2) is 0 Å². The van der Waals surface area contributed by atoms with Gasteiger partial charge in [0, 0.05) is 7.05 Å². The fourth-order valence-corrected chi connectivity index (χ4v) is 0.759. The first-order valence-corrected chi connectivity index (χ1v) is 4.67. The molecule has 0 aromatic heterocycles. The van der Waals surface area contributed by atoms with Gasteiger partial charge in [0.15, 0.2) is 0 Å². The molecule has 0 fully saturated rings. The summed E-state index contributed by atoms with van der Waals surface area (Å²) in [6.45, 7) is 4.23. The van der Waals surface area contributed by atoms with Gasteiger partial charge in [0.1, 0.15) is 11.6 Å². The number of carbonyl (C=O) groups excluding carboxylic acids is 2. The molecule has 0 heterocycles. The molecule has 0 aromatic rings. The number of carboxylic acids is 1. The number of hydrogen-bond acceptors (Lipinski definition) is 3. The van der Waals surface area contributed by atoms with Crippen LogP contribution in [-0.2, 0) is 9.59 Å². The van der Waals surface area contributed by atoms with Gasteiger partial charge in [-0.1, -0.05) is 0 Å². The molecule has 0 aliphatic rings. The molecule has 0 saturated heterocycles. The molecule has 0 bridgehead atoms. The van der Waals surface area contributed by atoms with E-state index < -0.39 is 29.5 Å². The number of aliphatic carboxylic acids is 1. The molecule has 3 amide bonds. The number of likely N-dealkylation sites (N-methyl/N-ethyl adjacent to an activating group) is 1. The van der Waals surface area contributed by atoms with Crippen LogP contribution >= 0.6 is 0 Å². The minimum Gasteiger partial charge on any atom is -0.480 e. The summed E-state index contributed by atoms with van der Waals surface area (Å²) in [5, 5.41) is 11.0. The van der Waals surface area contributed by atoms with Crippen LogP contribution in [0.3, 0.4) is 0 Å². The molecule has 7 nitrogen and oxygen atoms in total. The van der Waals surface area contributed by atoms with Crippen molar-refractivity contribution in [3.8, 4) is 0 Å². The lowest BCUT2D eigenvalue weighted by atomic mass is 10.1. The summed E-state index contributed by atoms with van der Waals surface area (Å²) in [5.41, 5.74) is 3.85. The third-order valence-electron chi connectivity index (χ3n) is 2.29. The van der Waals surface area contributed by atoms with Crippen molar-refractivity contribution in [1.29, 1.82) is 0 Å². The molecule has 92 valence electrons. The predicted octanol–water partition coefficient (Wildman–Crippen LogP) is -0.635. The van der Waals surface area contributed by atoms with Crippen molar-refractivity contribution in [2.24, 2.45) is 5.73 Å². The first kappa shape index (κ1) is 14.2. The molecular weight excluding hydrogens is 214 g/mol. The van der Waals surface area contributed by atoms with E-state index in [2.05, 4.69) is 5.32 Å². The lowest BCUT2D eigenvalue weighted by Crippen LogP contribution is -2.57. The van der Waals surface area contributed by atoms with Crippen LogP contribution in [-0.4, -0.2) is 46.5 Å². The Bertz CT molecular complexity index is 314. The Balaban J connectivity index is 4.60. The van der Waals surface area contributed by atoms with E-state index in [1.54, 1.807) is 0 Å². The zero-order chi connectivity index (χ0) is 13.1. The minimum atomic E-state index is -1.22. The highest BCUT2D eigenvalue weighted by atomic mass is 16.4. The quantitative estimate of drug-likeness (QED) is 0.597. The van der Waals surface area contributed by atoms with E-state index in [4.69, 9.17) is 10.8 Å². The number of amides is 3. The van der Waals surface area contributed by atoms with Gasteiger partial charge in [-0.3, -0.25) is 4.79 Å². The molecule has 1 unspecified atom stereocenters. The molecular formula is C9H17N3O4. The number of primary amides is 1. The van der Waals surface area contributed by atoms with E-state index in [-0.39, 0.29) is 0 Å². The van der Waals surface area contributed by atoms with Crippen LogP contribution in [0.25, 0.3) is 0 Å². The number of carboxylic acid groups (broad SMARTS) is 1. The Hall–Kier alpha value is -1.79. The SMILES string of the molecule is CC(C(=O)O)N(C)C(=O)NC(C)(C)C(N)=O. The summed E-state index contributed by atoms with van der Waals surface area (Å²) >= 11 is 0. The van der Waals surface area contributed by atoms with Gasteiger partial charge in [0.25, 0.3) is 0 Å². The van der Waals surface area contributed by atoms with Gasteiger partial charge in [-0.05, 0) is 20.8 Å². The lowest BCUT2D eigenvalue weighted by Gasteiger charge is -2.28. The monoisotopic (exact) mass is 231 g/mol. The normalized spacial score (nSPS) is 12.8. The van der Waals surface area contributed by atoms with Gasteiger partial charge in [-0.2, -0.15) is 0 Å². The van der Waals surface area contributed by atoms with E-state index in [0.717, 1.165) is 4.90 Å². The maximum absolute atomic E-state index is 11.6. The molecule has 0 spiro atoms. The number of urea groups is 1. The van der Waals surface area contributed by atoms with Crippen molar-refractivity contribution >= 4 is 17.9 Å². The fourth-order valence-electron chi connectivity index (χ4n) is 0.759. The highest BCUT2D eigenvalue weighted by Crippen LogP contribution is 2.03. The summed E-state index contributed by atoms with van der Waals surface area (Å²) < 4.78 is 0. The van der Waals surface area contributed by atoms with E-state index >= 15 is 0 Å². The van der Waals surface area contributed by atoms with Crippen molar-refractivity contribution in [2.75, 3.05) is 7.05 Å². The summed E-state index contributed by atoms with van der Waals surface area (Å²) in [6.07, 6.45) is 0. The molecule has 16 heavy (non-hydrogen) atoms. The first-order chi connectivity index (χ1) is 7.09. The van der Waals surface area contributed by atoms with Crippen LogP contribution in [0, 0.1) is 0 Å².